The molecule has 2 aliphatic heterocycles. The summed E-state index contributed by atoms with van der Waals surface area (Å²) in [4.78, 5) is 5.65. The molecule has 0 radical (unpaired) electrons. The largest absolute Gasteiger partial charge is 0.317 e. The zero-order valence-electron chi connectivity index (χ0n) is 45.3. The van der Waals surface area contributed by atoms with E-state index in [1.807, 2.05) is 0 Å². The Balaban J connectivity index is 0.00000281. The van der Waals surface area contributed by atoms with E-state index < -0.39 is 0 Å². The lowest BCUT2D eigenvalue weighted by Gasteiger charge is -2.27. The highest BCUT2D eigenvalue weighted by Crippen LogP contribution is 2.15. The Bertz CT molecular complexity index is 799. The van der Waals surface area contributed by atoms with Gasteiger partial charge in [0, 0.05) is 13.1 Å². The number of rotatable bonds is 43. The molecule has 2 fully saturated rings. The highest BCUT2D eigenvalue weighted by Gasteiger charge is 2.12. The average molecular weight is 900 g/mol. The summed E-state index contributed by atoms with van der Waals surface area (Å²) in [5.41, 5.74) is 0. The van der Waals surface area contributed by atoms with Crippen LogP contribution >= 0.6 is 0 Å². The normalized spacial score (nSPS) is 15.4. The number of hydrogen-bond acceptors (Lipinski definition) is 4. The zero-order chi connectivity index (χ0) is 46.5. The van der Waals surface area contributed by atoms with Crippen LogP contribution in [0.4, 0.5) is 0 Å². The van der Waals surface area contributed by atoms with Gasteiger partial charge >= 0.3 is 0 Å². The maximum Gasteiger partial charge on any atom is 0.000692 e. The lowest BCUT2D eigenvalue weighted by Crippen LogP contribution is -2.33. The predicted molar refractivity (Wildman–Crippen MR) is 293 cm³/mol. The Morgan fingerprint density at radius 2 is 0.578 bits per heavy atom. The SMILES string of the molecule is C1CCNCC1.C1CCNCC1.CCCCCCCCC=CCCCCCCCCN(CCCCN(CCCCCCCCC=CCCCCCCCC)CC(C)CC)CC(C)CC. The molecule has 382 valence electrons. The van der Waals surface area contributed by atoms with Gasteiger partial charge in [-0.2, -0.15) is 0 Å². The van der Waals surface area contributed by atoms with Gasteiger partial charge in [-0.1, -0.05) is 207 Å². The predicted octanol–water partition coefficient (Wildman–Crippen LogP) is 18.1. The topological polar surface area (TPSA) is 30.5 Å². The Morgan fingerprint density at radius 1 is 0.328 bits per heavy atom. The second-order valence-electron chi connectivity index (χ2n) is 20.8. The lowest BCUT2D eigenvalue weighted by molar-refractivity contribution is 0.203. The molecule has 0 aromatic carbocycles. The Kier molecular flexibility index (Phi) is 54.3. The first-order valence-electron chi connectivity index (χ1n) is 29.7. The van der Waals surface area contributed by atoms with E-state index in [0.717, 1.165) is 11.8 Å². The van der Waals surface area contributed by atoms with Crippen molar-refractivity contribution in [3.63, 3.8) is 0 Å². The van der Waals surface area contributed by atoms with E-state index in [1.165, 1.54) is 309 Å². The van der Waals surface area contributed by atoms with Crippen LogP contribution in [0, 0.1) is 11.8 Å². The fraction of sp³-hybridized carbons (Fsp3) is 0.933. The third-order valence-electron chi connectivity index (χ3n) is 14.1. The first kappa shape index (κ1) is 63.3. The van der Waals surface area contributed by atoms with Crippen LogP contribution in [0.25, 0.3) is 0 Å². The van der Waals surface area contributed by atoms with Gasteiger partial charge in [-0.15, -0.1) is 0 Å². The number of nitrogens with zero attached hydrogens (tertiary/aromatic N) is 2. The van der Waals surface area contributed by atoms with Crippen molar-refractivity contribution in [3.8, 4) is 0 Å². The second-order valence-corrected chi connectivity index (χ2v) is 20.8. The van der Waals surface area contributed by atoms with Gasteiger partial charge in [0.2, 0.25) is 0 Å². The molecule has 2 saturated heterocycles. The Labute approximate surface area is 406 Å². The van der Waals surface area contributed by atoms with E-state index >= 15 is 0 Å². The fourth-order valence-corrected chi connectivity index (χ4v) is 9.17. The van der Waals surface area contributed by atoms with Crippen LogP contribution < -0.4 is 10.6 Å². The molecular formula is C60H122N4. The molecule has 2 N–H and O–H groups in total. The summed E-state index contributed by atoms with van der Waals surface area (Å²) >= 11 is 0. The number of allylic oxidation sites excluding steroid dienone is 4. The van der Waals surface area contributed by atoms with Gasteiger partial charge in [-0.3, -0.25) is 0 Å². The molecule has 64 heavy (non-hydrogen) atoms. The van der Waals surface area contributed by atoms with Crippen LogP contribution in [0.15, 0.2) is 24.3 Å². The summed E-state index contributed by atoms with van der Waals surface area (Å²) < 4.78 is 0. The molecule has 0 aromatic rings. The Hall–Kier alpha value is -0.680. The van der Waals surface area contributed by atoms with Crippen LogP contribution in [0.2, 0.25) is 0 Å². The van der Waals surface area contributed by atoms with Crippen LogP contribution in [0.5, 0.6) is 0 Å². The minimum absolute atomic E-state index is 0.822. The molecule has 2 unspecified atom stereocenters. The van der Waals surface area contributed by atoms with Crippen molar-refractivity contribution in [3.05, 3.63) is 24.3 Å². The van der Waals surface area contributed by atoms with E-state index in [2.05, 4.69) is 86.3 Å². The second kappa shape index (κ2) is 54.9. The maximum absolute atomic E-state index is 3.28. The summed E-state index contributed by atoms with van der Waals surface area (Å²) in [6, 6.07) is 0. The molecule has 0 aromatic heterocycles. The minimum atomic E-state index is 0.822. The highest BCUT2D eigenvalue weighted by molar-refractivity contribution is 4.82. The molecule has 4 heteroatoms. The van der Waals surface area contributed by atoms with Crippen LogP contribution in [-0.4, -0.2) is 75.2 Å². The molecular weight excluding hydrogens is 777 g/mol. The number of piperidine rings is 2. The molecule has 0 saturated carbocycles. The highest BCUT2D eigenvalue weighted by atomic mass is 15.1. The molecule has 2 atom stereocenters. The summed E-state index contributed by atoms with van der Waals surface area (Å²) in [7, 11) is 0. The summed E-state index contributed by atoms with van der Waals surface area (Å²) in [5, 5.41) is 6.57. The quantitative estimate of drug-likeness (QED) is 0.0472. The molecule has 2 rings (SSSR count). The average Bonchev–Trinajstić information content (AvgIpc) is 3.33. The Morgan fingerprint density at radius 3 is 0.812 bits per heavy atom. The van der Waals surface area contributed by atoms with E-state index in [9.17, 15) is 0 Å². The van der Waals surface area contributed by atoms with Gasteiger partial charge in [0.25, 0.3) is 0 Å². The molecule has 0 amide bonds. The van der Waals surface area contributed by atoms with Crippen molar-refractivity contribution in [2.24, 2.45) is 11.8 Å². The third kappa shape index (κ3) is 50.7. The fourth-order valence-electron chi connectivity index (χ4n) is 9.17. The molecule has 0 bridgehead atoms. The van der Waals surface area contributed by atoms with E-state index in [-0.39, 0.29) is 0 Å². The monoisotopic (exact) mass is 899 g/mol. The lowest BCUT2D eigenvalue weighted by atomic mass is 10.1. The van der Waals surface area contributed by atoms with Crippen molar-refractivity contribution in [1.29, 1.82) is 0 Å². The number of nitrogens with one attached hydrogen (secondary N) is 2. The van der Waals surface area contributed by atoms with Gasteiger partial charge in [-0.05, 0) is 167 Å². The smallest absolute Gasteiger partial charge is 0.000692 e. The molecule has 0 spiro atoms. The van der Waals surface area contributed by atoms with E-state index in [1.54, 1.807) is 0 Å². The molecule has 2 heterocycles. The number of hydrogen-bond donors (Lipinski definition) is 2. The molecule has 4 nitrogen and oxygen atoms in total. The van der Waals surface area contributed by atoms with Gasteiger partial charge in [0.1, 0.15) is 0 Å². The van der Waals surface area contributed by atoms with Crippen molar-refractivity contribution >= 4 is 0 Å². The van der Waals surface area contributed by atoms with Crippen molar-refractivity contribution in [1.82, 2.24) is 20.4 Å². The van der Waals surface area contributed by atoms with Gasteiger partial charge in [0.15, 0.2) is 0 Å². The van der Waals surface area contributed by atoms with Crippen LogP contribution in [0.3, 0.4) is 0 Å². The third-order valence-corrected chi connectivity index (χ3v) is 14.1. The van der Waals surface area contributed by atoms with Gasteiger partial charge in [-0.25, -0.2) is 0 Å². The first-order chi connectivity index (χ1) is 31.6. The van der Waals surface area contributed by atoms with Crippen molar-refractivity contribution in [2.45, 2.75) is 286 Å². The maximum atomic E-state index is 3.28. The molecule has 2 aliphatic rings. The summed E-state index contributed by atoms with van der Waals surface area (Å²) in [6.07, 6.45) is 62.7. The number of unbranched alkanes of at least 4 members (excludes halogenated alkanes) is 25. The van der Waals surface area contributed by atoms with Gasteiger partial charge in [0.05, 0.1) is 0 Å². The van der Waals surface area contributed by atoms with Crippen molar-refractivity contribution < 1.29 is 0 Å². The standard InChI is InChI=1S/C50H100N2.2C5H11N/c1-7-11-13-15-17-19-21-23-25-27-29-31-33-35-37-39-43-51(47-49(5)9-3)45-41-42-46-52(48-50(6)10-4)44-40-38-36-34-32-30-28-26-24-22-20-18-16-14-12-8-2;2*1-2-4-6-5-3-1/h23-26,49-50H,7-22,27-48H2,1-6H3;2*6H,1-5H2. The zero-order valence-corrected chi connectivity index (χ0v) is 45.3. The summed E-state index contributed by atoms with van der Waals surface area (Å²) in [6.45, 7) is 27.1. The minimum Gasteiger partial charge on any atom is -0.317 e. The summed E-state index contributed by atoms with van der Waals surface area (Å²) in [5.74, 6) is 1.64. The van der Waals surface area contributed by atoms with Crippen LogP contribution in [-0.2, 0) is 0 Å². The molecule has 0 aliphatic carbocycles. The van der Waals surface area contributed by atoms with Gasteiger partial charge < -0.3 is 20.4 Å². The van der Waals surface area contributed by atoms with E-state index in [0.29, 0.717) is 0 Å². The van der Waals surface area contributed by atoms with Crippen molar-refractivity contribution in [2.75, 3.05) is 65.4 Å². The first-order valence-corrected chi connectivity index (χ1v) is 29.7. The van der Waals surface area contributed by atoms with E-state index in [4.69, 9.17) is 0 Å². The van der Waals surface area contributed by atoms with Crippen LogP contribution in [0.1, 0.15) is 286 Å².